The van der Waals surface area contributed by atoms with E-state index < -0.39 is 6.09 Å². The van der Waals surface area contributed by atoms with Gasteiger partial charge in [0.25, 0.3) is 0 Å². The lowest BCUT2D eigenvalue weighted by Crippen LogP contribution is -2.56. The molecule has 210 valence electrons. The molecule has 2 aliphatic heterocycles. The number of aliphatic hydroxyl groups excluding tert-OH is 1. The summed E-state index contributed by atoms with van der Waals surface area (Å²) >= 11 is 6.61. The van der Waals surface area contributed by atoms with Gasteiger partial charge in [-0.2, -0.15) is 5.26 Å². The van der Waals surface area contributed by atoms with Crippen LogP contribution in [-0.2, 0) is 31.0 Å². The number of hydrogen-bond acceptors (Lipinski definition) is 7. The first-order valence-electron chi connectivity index (χ1n) is 13.8. The lowest BCUT2D eigenvalue weighted by molar-refractivity contribution is 0.0766. The van der Waals surface area contributed by atoms with Crippen LogP contribution < -0.4 is 9.80 Å². The summed E-state index contributed by atoms with van der Waals surface area (Å²) < 4.78 is 7.75. The number of hydrogen-bond donors (Lipinski definition) is 1. The summed E-state index contributed by atoms with van der Waals surface area (Å²) in [5.74, 6) is 1.72. The molecule has 1 N–H and O–H groups in total. The highest BCUT2D eigenvalue weighted by atomic mass is 35.5. The van der Waals surface area contributed by atoms with E-state index in [-0.39, 0.29) is 25.7 Å². The molecule has 3 heterocycles. The third-order valence-corrected chi connectivity index (χ3v) is 8.20. The Morgan fingerprint density at radius 1 is 1.02 bits per heavy atom. The van der Waals surface area contributed by atoms with Gasteiger partial charge in [-0.15, -0.1) is 0 Å². The Kier molecular flexibility index (Phi) is 7.68. The fourth-order valence-corrected chi connectivity index (χ4v) is 6.22. The molecule has 41 heavy (non-hydrogen) atoms. The molecule has 10 heteroatoms. The van der Waals surface area contributed by atoms with E-state index in [1.54, 1.807) is 4.90 Å². The van der Waals surface area contributed by atoms with E-state index >= 15 is 0 Å². The number of fused-ring (bicyclic) bond motifs is 2. The van der Waals surface area contributed by atoms with Crippen LogP contribution in [0.15, 0.2) is 66.7 Å². The van der Waals surface area contributed by atoms with Gasteiger partial charge >= 0.3 is 6.09 Å². The quantitative estimate of drug-likeness (QED) is 0.350. The van der Waals surface area contributed by atoms with Gasteiger partial charge in [0.1, 0.15) is 23.9 Å². The minimum absolute atomic E-state index is 0.183. The number of nitriles is 1. The van der Waals surface area contributed by atoms with E-state index in [1.165, 1.54) is 0 Å². The van der Waals surface area contributed by atoms with E-state index in [4.69, 9.17) is 21.3 Å². The number of benzene rings is 3. The summed E-state index contributed by atoms with van der Waals surface area (Å²) in [5.41, 5.74) is 2.58. The fourth-order valence-electron chi connectivity index (χ4n) is 5.95. The van der Waals surface area contributed by atoms with Gasteiger partial charge in [0, 0.05) is 43.8 Å². The molecule has 0 spiro atoms. The van der Waals surface area contributed by atoms with Gasteiger partial charge in [0.05, 0.1) is 36.7 Å². The number of imidazole rings is 1. The van der Waals surface area contributed by atoms with Gasteiger partial charge in [-0.1, -0.05) is 66.2 Å². The summed E-state index contributed by atoms with van der Waals surface area (Å²) in [6, 6.07) is 23.6. The summed E-state index contributed by atoms with van der Waals surface area (Å²) in [5, 5.41) is 22.6. The van der Waals surface area contributed by atoms with Crippen LogP contribution in [0.25, 0.3) is 10.8 Å². The molecule has 2 aliphatic rings. The van der Waals surface area contributed by atoms with Crippen LogP contribution in [0.3, 0.4) is 0 Å². The van der Waals surface area contributed by atoms with E-state index in [0.717, 1.165) is 40.2 Å². The Labute approximate surface area is 243 Å². The highest BCUT2D eigenvalue weighted by molar-refractivity contribution is 6.36. The molecule has 1 atom stereocenters. The van der Waals surface area contributed by atoms with Crippen LogP contribution in [0.1, 0.15) is 23.5 Å². The number of aliphatic hydroxyl groups is 1. The second kappa shape index (κ2) is 11.7. The number of nitrogens with zero attached hydrogens (tertiary/aromatic N) is 6. The molecule has 9 nitrogen and oxygen atoms in total. The zero-order chi connectivity index (χ0) is 28.3. The molecule has 0 aliphatic carbocycles. The van der Waals surface area contributed by atoms with Crippen molar-refractivity contribution >= 4 is 40.0 Å². The molecule has 4 aromatic rings. The summed E-state index contributed by atoms with van der Waals surface area (Å²) in [4.78, 5) is 23.9. The predicted octanol–water partition coefficient (Wildman–Crippen LogP) is 4.94. The van der Waals surface area contributed by atoms with Crippen molar-refractivity contribution < 1.29 is 14.6 Å². The Bertz CT molecular complexity index is 1600. The summed E-state index contributed by atoms with van der Waals surface area (Å²) in [7, 11) is 0. The first kappa shape index (κ1) is 26.9. The zero-order valence-electron chi connectivity index (χ0n) is 22.6. The number of anilines is 2. The first-order valence-corrected chi connectivity index (χ1v) is 14.2. The normalized spacial score (nSPS) is 16.9. The van der Waals surface area contributed by atoms with Crippen molar-refractivity contribution in [2.75, 3.05) is 36.0 Å². The smallest absolute Gasteiger partial charge is 0.410 e. The topological polar surface area (TPSA) is 97.9 Å². The standard InChI is InChI=1S/C31H31ClN6O3/c32-25-10-4-8-23-9-5-11-27(29(23)25)35-14-17-38-28(19-35)34-26(20-39)30(38)36-15-16-37(24(18-36)12-13-33)31(40)41-21-22-6-2-1-3-7-22/h1-11,24,39H,12,14-21H2/t24-/m0/s1. The largest absolute Gasteiger partial charge is 0.445 e. The van der Waals surface area contributed by atoms with E-state index in [2.05, 4.69) is 38.6 Å². The van der Waals surface area contributed by atoms with Gasteiger partial charge in [-0.25, -0.2) is 9.78 Å². The Morgan fingerprint density at radius 3 is 2.59 bits per heavy atom. The number of amides is 1. The number of rotatable bonds is 6. The number of piperazine rings is 1. The van der Waals surface area contributed by atoms with E-state index in [0.29, 0.717) is 43.4 Å². The van der Waals surface area contributed by atoms with Gasteiger partial charge in [0.2, 0.25) is 0 Å². The lowest BCUT2D eigenvalue weighted by atomic mass is 10.1. The molecule has 0 saturated carbocycles. The second-order valence-electron chi connectivity index (χ2n) is 10.3. The van der Waals surface area contributed by atoms with Gasteiger partial charge in [-0.3, -0.25) is 0 Å². The maximum atomic E-state index is 13.0. The highest BCUT2D eigenvalue weighted by Crippen LogP contribution is 2.36. The van der Waals surface area contributed by atoms with Crippen molar-refractivity contribution in [1.29, 1.82) is 5.26 Å². The van der Waals surface area contributed by atoms with Crippen LogP contribution in [0, 0.1) is 11.3 Å². The summed E-state index contributed by atoms with van der Waals surface area (Å²) in [6.45, 7) is 3.40. The average molecular weight is 571 g/mol. The minimum Gasteiger partial charge on any atom is -0.445 e. The van der Waals surface area contributed by atoms with Crippen molar-refractivity contribution in [3.05, 3.63) is 88.8 Å². The van der Waals surface area contributed by atoms with Crippen molar-refractivity contribution in [1.82, 2.24) is 14.5 Å². The van der Waals surface area contributed by atoms with E-state index in [9.17, 15) is 15.2 Å². The Hall–Kier alpha value is -4.26. The predicted molar refractivity (Wildman–Crippen MR) is 158 cm³/mol. The molecule has 0 radical (unpaired) electrons. The van der Waals surface area contributed by atoms with Crippen molar-refractivity contribution in [2.24, 2.45) is 0 Å². The highest BCUT2D eigenvalue weighted by Gasteiger charge is 2.35. The summed E-state index contributed by atoms with van der Waals surface area (Å²) in [6.07, 6.45) is -0.238. The van der Waals surface area contributed by atoms with Crippen molar-refractivity contribution in [3.63, 3.8) is 0 Å². The number of halogens is 1. The Balaban J connectivity index is 1.21. The van der Waals surface area contributed by atoms with Crippen LogP contribution in [0.4, 0.5) is 16.3 Å². The lowest BCUT2D eigenvalue weighted by Gasteiger charge is -2.41. The van der Waals surface area contributed by atoms with Gasteiger partial charge in [0.15, 0.2) is 0 Å². The maximum absolute atomic E-state index is 13.0. The number of ether oxygens (including phenoxy) is 1. The third kappa shape index (κ3) is 5.29. The van der Waals surface area contributed by atoms with Crippen LogP contribution in [-0.4, -0.2) is 57.9 Å². The molecule has 1 amide bonds. The minimum atomic E-state index is -0.421. The Morgan fingerprint density at radius 2 is 1.80 bits per heavy atom. The SMILES string of the molecule is N#CC[C@H]1CN(c2c(CO)nc3n2CCN(c2cccc4cccc(Cl)c24)C3)CCN1C(=O)OCc1ccccc1. The van der Waals surface area contributed by atoms with Crippen molar-refractivity contribution in [2.45, 2.75) is 38.8 Å². The number of aromatic nitrogens is 2. The molecule has 1 saturated heterocycles. The molecular weight excluding hydrogens is 540 g/mol. The number of carbonyl (C=O) groups excluding carboxylic acids is 1. The van der Waals surface area contributed by atoms with Crippen LogP contribution >= 0.6 is 11.6 Å². The van der Waals surface area contributed by atoms with E-state index in [1.807, 2.05) is 48.5 Å². The maximum Gasteiger partial charge on any atom is 0.410 e. The number of carbonyl (C=O) groups is 1. The second-order valence-corrected chi connectivity index (χ2v) is 10.7. The third-order valence-electron chi connectivity index (χ3n) is 7.89. The monoisotopic (exact) mass is 570 g/mol. The molecule has 3 aromatic carbocycles. The molecule has 0 bridgehead atoms. The first-order chi connectivity index (χ1) is 20.1. The molecule has 6 rings (SSSR count). The van der Waals surface area contributed by atoms with Crippen LogP contribution in [0.2, 0.25) is 5.02 Å². The van der Waals surface area contributed by atoms with Crippen LogP contribution in [0.5, 0.6) is 0 Å². The van der Waals surface area contributed by atoms with Gasteiger partial charge in [-0.05, 0) is 23.1 Å². The molecule has 0 unspecified atom stereocenters. The fraction of sp³-hybridized carbons (Fsp3) is 0.323. The van der Waals surface area contributed by atoms with Crippen molar-refractivity contribution in [3.8, 4) is 6.07 Å². The molecule has 1 fully saturated rings. The average Bonchev–Trinajstić information content (AvgIpc) is 3.38. The zero-order valence-corrected chi connectivity index (χ0v) is 23.4. The van der Waals surface area contributed by atoms with Gasteiger partial charge < -0.3 is 29.1 Å². The molecule has 1 aromatic heterocycles. The molecular formula is C31H31ClN6O3.